The Labute approximate surface area is 197 Å². The molecule has 0 heterocycles. The van der Waals surface area contributed by atoms with Gasteiger partial charge in [-0.3, -0.25) is 19.7 Å². The molecule has 0 bridgehead atoms. The van der Waals surface area contributed by atoms with E-state index in [1.807, 2.05) is 26.0 Å². The lowest BCUT2D eigenvalue weighted by atomic mass is 10.1. The van der Waals surface area contributed by atoms with Crippen LogP contribution in [0, 0.1) is 10.1 Å². The van der Waals surface area contributed by atoms with E-state index in [0.29, 0.717) is 17.3 Å². The summed E-state index contributed by atoms with van der Waals surface area (Å²) in [5.74, 6) is 0.373. The average molecular weight is 478 g/mol. The molecule has 9 heteroatoms. The van der Waals surface area contributed by atoms with Crippen LogP contribution in [0.5, 0.6) is 0 Å². The van der Waals surface area contributed by atoms with E-state index in [9.17, 15) is 19.7 Å². The van der Waals surface area contributed by atoms with Crippen LogP contribution in [0.25, 0.3) is 0 Å². The topological polar surface area (TPSA) is 92.6 Å². The Bertz CT molecular complexity index is 922. The largest absolute Gasteiger partial charge is 0.352 e. The smallest absolute Gasteiger partial charge is 0.269 e. The Morgan fingerprint density at radius 2 is 1.69 bits per heavy atom. The predicted octanol–water partition coefficient (Wildman–Crippen LogP) is 4.81. The maximum absolute atomic E-state index is 13.1. The van der Waals surface area contributed by atoms with Crippen molar-refractivity contribution >= 4 is 40.9 Å². The Morgan fingerprint density at radius 3 is 2.25 bits per heavy atom. The Hall–Kier alpha value is -2.58. The number of hydrogen-bond donors (Lipinski definition) is 1. The fraction of sp³-hybridized carbons (Fsp3) is 0.391. The third kappa shape index (κ3) is 7.84. The number of amides is 2. The first-order valence-corrected chi connectivity index (χ1v) is 11.9. The van der Waals surface area contributed by atoms with Gasteiger partial charge < -0.3 is 10.2 Å². The van der Waals surface area contributed by atoms with E-state index in [0.717, 1.165) is 17.5 Å². The lowest BCUT2D eigenvalue weighted by Crippen LogP contribution is -2.50. The van der Waals surface area contributed by atoms with Crippen LogP contribution in [-0.2, 0) is 21.9 Å². The molecular formula is C23H28ClN3O4S. The van der Waals surface area contributed by atoms with E-state index in [1.54, 1.807) is 36.1 Å². The average Bonchev–Trinajstić information content (AvgIpc) is 2.78. The highest BCUT2D eigenvalue weighted by Gasteiger charge is 2.26. The van der Waals surface area contributed by atoms with Gasteiger partial charge in [0.15, 0.2) is 0 Å². The van der Waals surface area contributed by atoms with Crippen LogP contribution >= 0.6 is 23.4 Å². The highest BCUT2D eigenvalue weighted by Crippen LogP contribution is 2.19. The Balaban J connectivity index is 2.05. The van der Waals surface area contributed by atoms with Gasteiger partial charge in [0.25, 0.3) is 5.69 Å². The molecule has 0 aromatic heterocycles. The number of nitrogens with zero attached hydrogens (tertiary/aromatic N) is 2. The van der Waals surface area contributed by atoms with Crippen LogP contribution in [0.4, 0.5) is 5.69 Å². The van der Waals surface area contributed by atoms with E-state index in [4.69, 9.17) is 11.6 Å². The SMILES string of the molecule is CC[C@H](C)NC(=O)[C@@H](C)N(Cc1ccc(Cl)cc1)C(=O)CSCc1ccc([N+](=O)[O-])cc1. The summed E-state index contributed by atoms with van der Waals surface area (Å²) in [6, 6.07) is 12.8. The number of nitro benzene ring substituents is 1. The summed E-state index contributed by atoms with van der Waals surface area (Å²) in [6.07, 6.45) is 0.800. The number of benzene rings is 2. The number of rotatable bonds is 11. The minimum atomic E-state index is -0.632. The summed E-state index contributed by atoms with van der Waals surface area (Å²) in [5, 5.41) is 14.3. The van der Waals surface area contributed by atoms with Crippen molar-refractivity contribution in [1.82, 2.24) is 10.2 Å². The third-order valence-corrected chi connectivity index (χ3v) is 6.32. The Morgan fingerprint density at radius 1 is 1.09 bits per heavy atom. The van der Waals surface area contributed by atoms with E-state index in [-0.39, 0.29) is 29.3 Å². The normalized spacial score (nSPS) is 12.6. The number of thioether (sulfide) groups is 1. The summed E-state index contributed by atoms with van der Waals surface area (Å²) < 4.78 is 0. The van der Waals surface area contributed by atoms with Gasteiger partial charge in [-0.1, -0.05) is 42.8 Å². The molecule has 2 aromatic carbocycles. The molecule has 7 nitrogen and oxygen atoms in total. The third-order valence-electron chi connectivity index (χ3n) is 5.08. The molecule has 0 fully saturated rings. The van der Waals surface area contributed by atoms with Crippen molar-refractivity contribution in [2.45, 2.75) is 51.6 Å². The molecule has 32 heavy (non-hydrogen) atoms. The number of hydrogen-bond acceptors (Lipinski definition) is 5. The zero-order chi connectivity index (χ0) is 23.7. The molecule has 0 radical (unpaired) electrons. The van der Waals surface area contributed by atoms with E-state index in [1.165, 1.54) is 23.9 Å². The zero-order valence-electron chi connectivity index (χ0n) is 18.4. The van der Waals surface area contributed by atoms with E-state index >= 15 is 0 Å². The van der Waals surface area contributed by atoms with Gasteiger partial charge in [-0.05, 0) is 43.5 Å². The number of non-ortho nitro benzene ring substituents is 1. The lowest BCUT2D eigenvalue weighted by Gasteiger charge is -2.29. The first-order valence-electron chi connectivity index (χ1n) is 10.4. The van der Waals surface area contributed by atoms with Gasteiger partial charge in [-0.25, -0.2) is 0 Å². The second-order valence-corrected chi connectivity index (χ2v) is 8.98. The quantitative estimate of drug-likeness (QED) is 0.370. The minimum absolute atomic E-state index is 0.0222. The fourth-order valence-corrected chi connectivity index (χ4v) is 3.88. The van der Waals surface area contributed by atoms with Crippen molar-refractivity contribution in [2.24, 2.45) is 0 Å². The molecule has 0 saturated heterocycles. The molecule has 172 valence electrons. The molecule has 2 amide bonds. The lowest BCUT2D eigenvalue weighted by molar-refractivity contribution is -0.384. The molecule has 0 aliphatic carbocycles. The molecule has 2 rings (SSSR count). The summed E-state index contributed by atoms with van der Waals surface area (Å²) in [5.41, 5.74) is 1.80. The van der Waals surface area contributed by atoms with Crippen LogP contribution in [0.3, 0.4) is 0 Å². The molecule has 0 aliphatic rings. The number of carbonyl (C=O) groups excluding carboxylic acids is 2. The zero-order valence-corrected chi connectivity index (χ0v) is 20.0. The second-order valence-electron chi connectivity index (χ2n) is 7.56. The molecule has 0 unspecified atom stereocenters. The highest BCUT2D eigenvalue weighted by molar-refractivity contribution is 7.99. The maximum Gasteiger partial charge on any atom is 0.269 e. The summed E-state index contributed by atoms with van der Waals surface area (Å²) in [7, 11) is 0. The molecule has 0 saturated carbocycles. The van der Waals surface area contributed by atoms with Crippen molar-refractivity contribution in [3.05, 3.63) is 74.8 Å². The summed E-state index contributed by atoms with van der Waals surface area (Å²) >= 11 is 7.37. The van der Waals surface area contributed by atoms with Crippen molar-refractivity contribution in [2.75, 3.05) is 5.75 Å². The van der Waals surface area contributed by atoms with Gasteiger partial charge in [-0.2, -0.15) is 0 Å². The highest BCUT2D eigenvalue weighted by atomic mass is 35.5. The molecule has 2 aromatic rings. The number of nitrogens with one attached hydrogen (secondary N) is 1. The number of nitro groups is 1. The standard InChI is InChI=1S/C23H28ClN3O4S/c1-4-16(2)25-23(29)17(3)26(13-18-5-9-20(24)10-6-18)22(28)15-32-14-19-7-11-21(12-8-19)27(30)31/h5-12,16-17H,4,13-15H2,1-3H3,(H,25,29)/t16-,17+/m0/s1. The van der Waals surface area contributed by atoms with Crippen LogP contribution in [0.1, 0.15) is 38.3 Å². The van der Waals surface area contributed by atoms with Crippen molar-refractivity contribution in [3.8, 4) is 0 Å². The monoisotopic (exact) mass is 477 g/mol. The Kier molecular flexibility index (Phi) is 9.99. The van der Waals surface area contributed by atoms with Gasteiger partial charge in [0.05, 0.1) is 10.7 Å². The number of halogens is 1. The predicted molar refractivity (Wildman–Crippen MR) is 129 cm³/mol. The maximum atomic E-state index is 13.1. The molecule has 2 atom stereocenters. The van der Waals surface area contributed by atoms with E-state index < -0.39 is 11.0 Å². The van der Waals surface area contributed by atoms with Crippen LogP contribution in [0.15, 0.2) is 48.5 Å². The molecule has 0 spiro atoms. The van der Waals surface area contributed by atoms with Gasteiger partial charge in [-0.15, -0.1) is 11.8 Å². The fourth-order valence-electron chi connectivity index (χ4n) is 2.89. The first kappa shape index (κ1) is 25.7. The van der Waals surface area contributed by atoms with E-state index in [2.05, 4.69) is 5.32 Å². The molecule has 0 aliphatic heterocycles. The van der Waals surface area contributed by atoms with Crippen molar-refractivity contribution in [3.63, 3.8) is 0 Å². The van der Waals surface area contributed by atoms with Crippen molar-refractivity contribution in [1.29, 1.82) is 0 Å². The van der Waals surface area contributed by atoms with Gasteiger partial charge >= 0.3 is 0 Å². The second kappa shape index (κ2) is 12.5. The molecule has 1 N–H and O–H groups in total. The van der Waals surface area contributed by atoms with Crippen LogP contribution < -0.4 is 5.32 Å². The minimum Gasteiger partial charge on any atom is -0.352 e. The van der Waals surface area contributed by atoms with Crippen molar-refractivity contribution < 1.29 is 14.5 Å². The first-order chi connectivity index (χ1) is 15.2. The van der Waals surface area contributed by atoms with Gasteiger partial charge in [0.1, 0.15) is 6.04 Å². The van der Waals surface area contributed by atoms with Gasteiger partial charge in [0.2, 0.25) is 11.8 Å². The number of carbonyl (C=O) groups is 2. The molecular weight excluding hydrogens is 450 g/mol. The summed E-state index contributed by atoms with van der Waals surface area (Å²) in [4.78, 5) is 37.7. The van der Waals surface area contributed by atoms with Gasteiger partial charge in [0, 0.05) is 35.5 Å². The van der Waals surface area contributed by atoms with Crippen LogP contribution in [0.2, 0.25) is 5.02 Å². The van der Waals surface area contributed by atoms with Crippen LogP contribution in [-0.4, -0.2) is 39.5 Å². The summed E-state index contributed by atoms with van der Waals surface area (Å²) in [6.45, 7) is 5.94.